The summed E-state index contributed by atoms with van der Waals surface area (Å²) in [7, 11) is 5.87. The van der Waals surface area contributed by atoms with E-state index in [9.17, 15) is 0 Å². The monoisotopic (exact) mass is 262 g/mol. The van der Waals surface area contributed by atoms with Gasteiger partial charge in [0.15, 0.2) is 0 Å². The number of rotatable bonds is 5. The molecule has 104 valence electrons. The normalized spacial score (nSPS) is 12.9. The SMILES string of the molecule is CNC(Cc1cn(C)nn1)Cc1c(C)nn(C)c1C. The van der Waals surface area contributed by atoms with Gasteiger partial charge in [0.25, 0.3) is 0 Å². The van der Waals surface area contributed by atoms with Crippen molar-refractivity contribution < 1.29 is 0 Å². The van der Waals surface area contributed by atoms with Crippen LogP contribution in [0.4, 0.5) is 0 Å². The lowest BCUT2D eigenvalue weighted by Crippen LogP contribution is -2.30. The van der Waals surface area contributed by atoms with Crippen LogP contribution in [0.5, 0.6) is 0 Å². The zero-order chi connectivity index (χ0) is 14.0. The summed E-state index contributed by atoms with van der Waals surface area (Å²) in [4.78, 5) is 0. The average Bonchev–Trinajstić information content (AvgIpc) is 2.87. The van der Waals surface area contributed by atoms with Crippen LogP contribution in [-0.4, -0.2) is 37.9 Å². The fraction of sp³-hybridized carbons (Fsp3) is 0.615. The molecule has 0 bridgehead atoms. The molecule has 0 aliphatic heterocycles. The van der Waals surface area contributed by atoms with Crippen LogP contribution in [0, 0.1) is 13.8 Å². The molecule has 2 aromatic heterocycles. The minimum atomic E-state index is 0.346. The third-order valence-electron chi connectivity index (χ3n) is 3.62. The van der Waals surface area contributed by atoms with E-state index in [1.165, 1.54) is 11.3 Å². The first kappa shape index (κ1) is 13.7. The minimum absolute atomic E-state index is 0.346. The second-order valence-corrected chi connectivity index (χ2v) is 5.05. The summed E-state index contributed by atoms with van der Waals surface area (Å²) in [6, 6.07) is 0.346. The largest absolute Gasteiger partial charge is 0.316 e. The number of hydrogen-bond acceptors (Lipinski definition) is 4. The zero-order valence-electron chi connectivity index (χ0n) is 12.3. The first-order valence-electron chi connectivity index (χ1n) is 6.52. The quantitative estimate of drug-likeness (QED) is 0.854. The number of aromatic nitrogens is 5. The van der Waals surface area contributed by atoms with Crippen LogP contribution in [0.3, 0.4) is 0 Å². The molecule has 19 heavy (non-hydrogen) atoms. The van der Waals surface area contributed by atoms with Crippen LogP contribution in [0.15, 0.2) is 6.20 Å². The van der Waals surface area contributed by atoms with Crippen LogP contribution in [-0.2, 0) is 26.9 Å². The van der Waals surface area contributed by atoms with Gasteiger partial charge in [0, 0.05) is 38.4 Å². The molecule has 0 aliphatic carbocycles. The molecule has 2 heterocycles. The van der Waals surface area contributed by atoms with Crippen molar-refractivity contribution in [1.82, 2.24) is 30.1 Å². The van der Waals surface area contributed by atoms with Gasteiger partial charge < -0.3 is 5.32 Å². The number of aryl methyl sites for hydroxylation is 3. The molecule has 0 saturated heterocycles. The van der Waals surface area contributed by atoms with Crippen molar-refractivity contribution in [3.8, 4) is 0 Å². The molecule has 0 saturated carbocycles. The highest BCUT2D eigenvalue weighted by molar-refractivity contribution is 5.25. The Hall–Kier alpha value is -1.69. The molecule has 0 fully saturated rings. The third kappa shape index (κ3) is 3.01. The molecule has 0 radical (unpaired) electrons. The maximum Gasteiger partial charge on any atom is 0.0842 e. The van der Waals surface area contributed by atoms with E-state index in [0.29, 0.717) is 6.04 Å². The van der Waals surface area contributed by atoms with Gasteiger partial charge in [-0.2, -0.15) is 5.10 Å². The first-order valence-corrected chi connectivity index (χ1v) is 6.52. The van der Waals surface area contributed by atoms with E-state index in [0.717, 1.165) is 24.2 Å². The van der Waals surface area contributed by atoms with Gasteiger partial charge in [-0.1, -0.05) is 5.21 Å². The van der Waals surface area contributed by atoms with Crippen molar-refractivity contribution in [1.29, 1.82) is 0 Å². The Bertz CT molecular complexity index is 553. The summed E-state index contributed by atoms with van der Waals surface area (Å²) in [6.07, 6.45) is 3.80. The molecular weight excluding hydrogens is 240 g/mol. The fourth-order valence-corrected chi connectivity index (χ4v) is 2.38. The molecule has 2 aromatic rings. The summed E-state index contributed by atoms with van der Waals surface area (Å²) in [5.41, 5.74) is 4.68. The van der Waals surface area contributed by atoms with Gasteiger partial charge in [-0.3, -0.25) is 9.36 Å². The van der Waals surface area contributed by atoms with E-state index in [2.05, 4.69) is 34.6 Å². The standard InChI is InChI=1S/C13H22N6/c1-9-13(10(2)19(5)16-9)7-11(14-3)6-12-8-18(4)17-15-12/h8,11,14H,6-7H2,1-5H3. The average molecular weight is 262 g/mol. The molecule has 6 heteroatoms. The Kier molecular flexibility index (Phi) is 3.99. The smallest absolute Gasteiger partial charge is 0.0842 e. The van der Waals surface area contributed by atoms with Gasteiger partial charge in [-0.15, -0.1) is 5.10 Å². The summed E-state index contributed by atoms with van der Waals surface area (Å²) in [6.45, 7) is 4.18. The van der Waals surface area contributed by atoms with Crippen molar-refractivity contribution in [2.24, 2.45) is 14.1 Å². The molecule has 0 amide bonds. The van der Waals surface area contributed by atoms with Crippen molar-refractivity contribution in [3.05, 3.63) is 28.8 Å². The van der Waals surface area contributed by atoms with E-state index >= 15 is 0 Å². The zero-order valence-corrected chi connectivity index (χ0v) is 12.3. The maximum absolute atomic E-state index is 4.47. The van der Waals surface area contributed by atoms with E-state index in [-0.39, 0.29) is 0 Å². The van der Waals surface area contributed by atoms with Crippen LogP contribution in [0.25, 0.3) is 0 Å². The molecule has 6 nitrogen and oxygen atoms in total. The summed E-state index contributed by atoms with van der Waals surface area (Å²) in [5.74, 6) is 0. The van der Waals surface area contributed by atoms with Crippen molar-refractivity contribution in [3.63, 3.8) is 0 Å². The molecule has 1 unspecified atom stereocenters. The fourth-order valence-electron chi connectivity index (χ4n) is 2.38. The minimum Gasteiger partial charge on any atom is -0.316 e. The van der Waals surface area contributed by atoms with Gasteiger partial charge in [-0.25, -0.2) is 0 Å². The lowest BCUT2D eigenvalue weighted by Gasteiger charge is -2.15. The Labute approximate surface area is 113 Å². The molecule has 1 atom stereocenters. The Balaban J connectivity index is 2.10. The van der Waals surface area contributed by atoms with E-state index in [1.807, 2.05) is 32.0 Å². The van der Waals surface area contributed by atoms with Crippen LogP contribution in [0.2, 0.25) is 0 Å². The highest BCUT2D eigenvalue weighted by Gasteiger charge is 2.16. The highest BCUT2D eigenvalue weighted by atomic mass is 15.4. The van der Waals surface area contributed by atoms with E-state index < -0.39 is 0 Å². The summed E-state index contributed by atoms with van der Waals surface area (Å²) in [5, 5.41) is 15.9. The van der Waals surface area contributed by atoms with Crippen LogP contribution in [0.1, 0.15) is 22.6 Å². The molecular formula is C13H22N6. The molecule has 0 aliphatic rings. The maximum atomic E-state index is 4.47. The number of nitrogens with one attached hydrogen (secondary N) is 1. The predicted octanol–water partition coefficient (Wildman–Crippen LogP) is 0.539. The van der Waals surface area contributed by atoms with Gasteiger partial charge in [0.1, 0.15) is 0 Å². The van der Waals surface area contributed by atoms with E-state index in [4.69, 9.17) is 0 Å². The molecule has 0 aromatic carbocycles. The van der Waals surface area contributed by atoms with Gasteiger partial charge >= 0.3 is 0 Å². The summed E-state index contributed by atoms with van der Waals surface area (Å²) >= 11 is 0. The number of likely N-dealkylation sites (N-methyl/N-ethyl adjacent to an activating group) is 1. The summed E-state index contributed by atoms with van der Waals surface area (Å²) < 4.78 is 3.68. The topological polar surface area (TPSA) is 60.6 Å². The third-order valence-corrected chi connectivity index (χ3v) is 3.62. The number of hydrogen-bond donors (Lipinski definition) is 1. The van der Waals surface area contributed by atoms with Gasteiger partial charge in [0.2, 0.25) is 0 Å². The van der Waals surface area contributed by atoms with Gasteiger partial charge in [0.05, 0.1) is 11.4 Å². The van der Waals surface area contributed by atoms with Crippen molar-refractivity contribution in [2.45, 2.75) is 32.7 Å². The van der Waals surface area contributed by atoms with Crippen LogP contribution >= 0.6 is 0 Å². The Morgan fingerprint density at radius 2 is 2.00 bits per heavy atom. The lowest BCUT2D eigenvalue weighted by atomic mass is 10.0. The lowest BCUT2D eigenvalue weighted by molar-refractivity contribution is 0.547. The first-order chi connectivity index (χ1) is 9.01. The number of nitrogens with zero attached hydrogens (tertiary/aromatic N) is 5. The van der Waals surface area contributed by atoms with Crippen molar-refractivity contribution >= 4 is 0 Å². The van der Waals surface area contributed by atoms with Crippen LogP contribution < -0.4 is 5.32 Å². The highest BCUT2D eigenvalue weighted by Crippen LogP contribution is 2.15. The molecule has 0 spiro atoms. The predicted molar refractivity (Wildman–Crippen MR) is 73.9 cm³/mol. The second-order valence-electron chi connectivity index (χ2n) is 5.05. The molecule has 1 N–H and O–H groups in total. The molecule has 2 rings (SSSR count). The van der Waals surface area contributed by atoms with E-state index in [1.54, 1.807) is 4.68 Å². The van der Waals surface area contributed by atoms with Crippen molar-refractivity contribution in [2.75, 3.05) is 7.05 Å². The second kappa shape index (κ2) is 5.52. The Morgan fingerprint density at radius 1 is 1.26 bits per heavy atom. The Morgan fingerprint density at radius 3 is 2.47 bits per heavy atom. The van der Waals surface area contributed by atoms with Gasteiger partial charge in [-0.05, 0) is 32.9 Å².